The molecule has 7 atom stereocenters. The Balaban J connectivity index is 1.62. The molecule has 162 valence electrons. The Morgan fingerprint density at radius 2 is 1.67 bits per heavy atom. The lowest BCUT2D eigenvalue weighted by molar-refractivity contribution is -0.147. The zero-order valence-electron chi connectivity index (χ0n) is 17.7. The maximum atomic E-state index is 13.4. The van der Waals surface area contributed by atoms with Crippen molar-refractivity contribution >= 4 is 55.3 Å². The molecule has 1 aliphatic heterocycles. The molecular weight excluding hydrogens is 512 g/mol. The molecule has 1 heterocycles. The number of hydrogen-bond acceptors (Lipinski definition) is 3. The molecule has 0 aromatic heterocycles. The number of aryl methyl sites for hydroxylation is 2. The number of fused-ring (bicyclic) bond motifs is 5. The lowest BCUT2D eigenvalue weighted by Crippen LogP contribution is -2.49. The van der Waals surface area contributed by atoms with Crippen molar-refractivity contribution in [3.8, 4) is 0 Å². The lowest BCUT2D eigenvalue weighted by atomic mass is 9.81. The third-order valence-electron chi connectivity index (χ3n) is 6.97. The molecule has 2 saturated carbocycles. The standard InChI is InChI=1S/C23H28Br2N2O3/c1-10(2)7-16(21(28)26-15-6-5-11(3)8-12(15)4)27-22(29)17-13-9-14(18(17)23(27)30)20(25)19(13)24/h5-6,8,10,13-14,16-20H,7,9H2,1-4H3,(H,26,28)/t13-,14-,16+,17-,18+,19+,20+/m1/s1. The smallest absolute Gasteiger partial charge is 0.247 e. The van der Waals surface area contributed by atoms with Gasteiger partial charge in [0.15, 0.2) is 0 Å². The fourth-order valence-electron chi connectivity index (χ4n) is 5.63. The van der Waals surface area contributed by atoms with E-state index in [9.17, 15) is 14.4 Å². The van der Waals surface area contributed by atoms with E-state index in [1.165, 1.54) is 4.90 Å². The van der Waals surface area contributed by atoms with Gasteiger partial charge in [-0.25, -0.2) is 0 Å². The molecule has 0 spiro atoms. The number of carbonyl (C=O) groups excluding carboxylic acids is 3. The van der Waals surface area contributed by atoms with E-state index in [1.54, 1.807) is 0 Å². The number of anilines is 1. The molecule has 2 aliphatic carbocycles. The number of hydrogen-bond donors (Lipinski definition) is 1. The minimum absolute atomic E-state index is 0.146. The number of halogens is 2. The zero-order chi connectivity index (χ0) is 21.9. The average Bonchev–Trinajstić information content (AvgIpc) is 3.27. The van der Waals surface area contributed by atoms with Gasteiger partial charge in [-0.15, -0.1) is 0 Å². The maximum absolute atomic E-state index is 13.4. The second kappa shape index (κ2) is 8.05. The Bertz CT molecular complexity index is 870. The van der Waals surface area contributed by atoms with Crippen LogP contribution < -0.4 is 5.32 Å². The Labute approximate surface area is 194 Å². The van der Waals surface area contributed by atoms with E-state index in [0.29, 0.717) is 6.42 Å². The van der Waals surface area contributed by atoms with Crippen LogP contribution in [0.2, 0.25) is 0 Å². The molecule has 1 saturated heterocycles. The number of imide groups is 1. The maximum Gasteiger partial charge on any atom is 0.247 e. The first-order valence-electron chi connectivity index (χ1n) is 10.6. The van der Waals surface area contributed by atoms with Gasteiger partial charge in [0.05, 0.1) is 11.8 Å². The normalized spacial score (nSPS) is 33.4. The van der Waals surface area contributed by atoms with Crippen molar-refractivity contribution in [3.05, 3.63) is 29.3 Å². The van der Waals surface area contributed by atoms with Crippen LogP contribution in [0.5, 0.6) is 0 Å². The summed E-state index contributed by atoms with van der Waals surface area (Å²) in [5.74, 6) is -0.749. The molecule has 0 unspecified atom stereocenters. The van der Waals surface area contributed by atoms with Gasteiger partial charge in [-0.05, 0) is 56.1 Å². The Hall–Kier alpha value is -1.21. The summed E-state index contributed by atoms with van der Waals surface area (Å²) in [6.45, 7) is 7.97. The molecular formula is C23H28Br2N2O3. The molecule has 1 aromatic carbocycles. The number of nitrogens with zero attached hydrogens (tertiary/aromatic N) is 1. The topological polar surface area (TPSA) is 66.5 Å². The number of nitrogens with one attached hydrogen (secondary N) is 1. The molecule has 1 aromatic rings. The van der Waals surface area contributed by atoms with Gasteiger partial charge < -0.3 is 5.32 Å². The van der Waals surface area contributed by atoms with Crippen molar-refractivity contribution in [2.45, 2.75) is 56.2 Å². The number of rotatable bonds is 5. The predicted octanol–water partition coefficient (Wildman–Crippen LogP) is 4.43. The zero-order valence-corrected chi connectivity index (χ0v) is 20.9. The Morgan fingerprint density at radius 1 is 1.10 bits per heavy atom. The Kier molecular flexibility index (Phi) is 5.90. The lowest BCUT2D eigenvalue weighted by Gasteiger charge is -2.28. The van der Waals surface area contributed by atoms with E-state index in [-0.39, 0.29) is 57.0 Å². The van der Waals surface area contributed by atoms with E-state index in [4.69, 9.17) is 0 Å². The van der Waals surface area contributed by atoms with Crippen LogP contribution in [0.25, 0.3) is 0 Å². The number of alkyl halides is 2. The molecule has 3 aliphatic rings. The first-order valence-corrected chi connectivity index (χ1v) is 12.5. The van der Waals surface area contributed by atoms with Gasteiger partial charge in [-0.2, -0.15) is 0 Å². The second-order valence-electron chi connectivity index (χ2n) is 9.50. The summed E-state index contributed by atoms with van der Waals surface area (Å²) in [5, 5.41) is 2.98. The van der Waals surface area contributed by atoms with Crippen LogP contribution in [-0.4, -0.2) is 38.3 Å². The van der Waals surface area contributed by atoms with Gasteiger partial charge in [0.2, 0.25) is 17.7 Å². The molecule has 4 rings (SSSR count). The Morgan fingerprint density at radius 3 is 2.17 bits per heavy atom. The molecule has 2 bridgehead atoms. The summed E-state index contributed by atoms with van der Waals surface area (Å²) >= 11 is 7.44. The highest BCUT2D eigenvalue weighted by molar-refractivity contribution is 9.12. The van der Waals surface area contributed by atoms with E-state index in [0.717, 1.165) is 23.2 Å². The monoisotopic (exact) mass is 538 g/mol. The van der Waals surface area contributed by atoms with Gasteiger partial charge in [0, 0.05) is 15.3 Å². The highest BCUT2D eigenvalue weighted by atomic mass is 79.9. The fraction of sp³-hybridized carbons (Fsp3) is 0.609. The molecule has 3 amide bonds. The van der Waals surface area contributed by atoms with Crippen LogP contribution in [-0.2, 0) is 14.4 Å². The van der Waals surface area contributed by atoms with Gasteiger partial charge in [-0.1, -0.05) is 63.4 Å². The largest absolute Gasteiger partial charge is 0.324 e. The molecule has 3 fully saturated rings. The van der Waals surface area contributed by atoms with E-state index >= 15 is 0 Å². The van der Waals surface area contributed by atoms with Crippen molar-refractivity contribution in [1.29, 1.82) is 0 Å². The van der Waals surface area contributed by atoms with E-state index in [1.807, 2.05) is 45.9 Å². The molecule has 1 N–H and O–H groups in total. The summed E-state index contributed by atoms with van der Waals surface area (Å²) < 4.78 is 0. The number of amides is 3. The second-order valence-corrected chi connectivity index (χ2v) is 11.6. The van der Waals surface area contributed by atoms with Crippen molar-refractivity contribution in [2.24, 2.45) is 29.6 Å². The van der Waals surface area contributed by atoms with Crippen LogP contribution in [0, 0.1) is 43.4 Å². The summed E-state index contributed by atoms with van der Waals surface area (Å²) in [6.07, 6.45) is 1.34. The fourth-order valence-corrected chi connectivity index (χ4v) is 7.50. The van der Waals surface area contributed by atoms with Crippen LogP contribution in [0.1, 0.15) is 37.8 Å². The number of carbonyl (C=O) groups is 3. The van der Waals surface area contributed by atoms with Gasteiger partial charge in [0.1, 0.15) is 6.04 Å². The first-order chi connectivity index (χ1) is 14.1. The quantitative estimate of drug-likeness (QED) is 0.444. The van der Waals surface area contributed by atoms with Crippen LogP contribution >= 0.6 is 31.9 Å². The third kappa shape index (κ3) is 3.46. The van der Waals surface area contributed by atoms with Gasteiger partial charge in [-0.3, -0.25) is 19.3 Å². The summed E-state index contributed by atoms with van der Waals surface area (Å²) in [5.41, 5.74) is 2.80. The molecule has 0 radical (unpaired) electrons. The number of likely N-dealkylation sites (tertiary alicyclic amines) is 1. The van der Waals surface area contributed by atoms with E-state index < -0.39 is 6.04 Å². The summed E-state index contributed by atoms with van der Waals surface area (Å²) in [7, 11) is 0. The summed E-state index contributed by atoms with van der Waals surface area (Å²) in [6, 6.07) is 5.05. The number of benzene rings is 1. The van der Waals surface area contributed by atoms with Crippen LogP contribution in [0.15, 0.2) is 18.2 Å². The van der Waals surface area contributed by atoms with Crippen LogP contribution in [0.4, 0.5) is 5.69 Å². The van der Waals surface area contributed by atoms with Gasteiger partial charge in [0.25, 0.3) is 0 Å². The van der Waals surface area contributed by atoms with Gasteiger partial charge >= 0.3 is 0 Å². The molecule has 30 heavy (non-hydrogen) atoms. The van der Waals surface area contributed by atoms with Crippen molar-refractivity contribution < 1.29 is 14.4 Å². The third-order valence-corrected chi connectivity index (χ3v) is 10.2. The summed E-state index contributed by atoms with van der Waals surface area (Å²) in [4.78, 5) is 41.8. The van der Waals surface area contributed by atoms with Crippen molar-refractivity contribution in [3.63, 3.8) is 0 Å². The SMILES string of the molecule is Cc1ccc(NC(=O)[C@H](CC(C)C)N2C(=O)[C@@H]3[C@H]4C[C@@H]([C@H](Br)[C@H]4Br)[C@@H]3C2=O)c(C)c1. The molecule has 7 heteroatoms. The minimum atomic E-state index is -0.779. The van der Waals surface area contributed by atoms with E-state index in [2.05, 4.69) is 37.2 Å². The first kappa shape index (κ1) is 22.0. The highest BCUT2D eigenvalue weighted by Gasteiger charge is 2.67. The van der Waals surface area contributed by atoms with Crippen molar-refractivity contribution in [1.82, 2.24) is 4.90 Å². The predicted molar refractivity (Wildman–Crippen MR) is 124 cm³/mol. The van der Waals surface area contributed by atoms with Crippen LogP contribution in [0.3, 0.4) is 0 Å². The average molecular weight is 540 g/mol. The van der Waals surface area contributed by atoms with Crippen molar-refractivity contribution in [2.75, 3.05) is 5.32 Å². The highest BCUT2D eigenvalue weighted by Crippen LogP contribution is 2.60. The minimum Gasteiger partial charge on any atom is -0.324 e. The molecule has 5 nitrogen and oxygen atoms in total.